The van der Waals surface area contributed by atoms with E-state index in [-0.39, 0.29) is 23.6 Å². The highest BCUT2D eigenvalue weighted by Gasteiger charge is 2.22. The Bertz CT molecular complexity index is 1490. The Balaban J connectivity index is 1.42. The van der Waals surface area contributed by atoms with Gasteiger partial charge in [-0.2, -0.15) is 5.10 Å². The second-order valence-corrected chi connectivity index (χ2v) is 10.3. The van der Waals surface area contributed by atoms with E-state index in [1.54, 1.807) is 30.3 Å². The molecule has 1 aliphatic rings. The van der Waals surface area contributed by atoms with Crippen LogP contribution in [0.2, 0.25) is 10.0 Å². The first kappa shape index (κ1) is 26.5. The van der Waals surface area contributed by atoms with E-state index in [1.807, 2.05) is 19.9 Å². The number of halogens is 2. The number of phenolic OH excluding ortho intramolecular Hbond substituents is 1. The van der Waals surface area contributed by atoms with Gasteiger partial charge in [0.25, 0.3) is 5.56 Å². The first-order valence-corrected chi connectivity index (χ1v) is 13.3. The van der Waals surface area contributed by atoms with Crippen LogP contribution in [-0.4, -0.2) is 69.2 Å². The number of aromatic amines is 1. The van der Waals surface area contributed by atoms with Crippen molar-refractivity contribution in [2.45, 2.75) is 26.2 Å². The van der Waals surface area contributed by atoms with Gasteiger partial charge < -0.3 is 19.6 Å². The lowest BCUT2D eigenvalue weighted by Crippen LogP contribution is -2.38. The van der Waals surface area contributed by atoms with Gasteiger partial charge in [0.1, 0.15) is 23.5 Å². The number of phenols is 1. The van der Waals surface area contributed by atoms with Crippen LogP contribution in [-0.2, 0) is 11.2 Å². The van der Waals surface area contributed by atoms with E-state index in [2.05, 4.69) is 15.0 Å². The summed E-state index contributed by atoms with van der Waals surface area (Å²) in [5, 5.41) is 16.4. The van der Waals surface area contributed by atoms with Crippen molar-refractivity contribution in [2.75, 3.05) is 39.5 Å². The van der Waals surface area contributed by atoms with Crippen molar-refractivity contribution in [1.29, 1.82) is 0 Å². The minimum Gasteiger partial charge on any atom is -0.504 e. The predicted molar refractivity (Wildman–Crippen MR) is 147 cm³/mol. The Labute approximate surface area is 229 Å². The number of ether oxygens (including phenoxy) is 2. The van der Waals surface area contributed by atoms with Gasteiger partial charge in [-0.1, -0.05) is 49.2 Å². The number of para-hydroxylation sites is 1. The molecular formula is C27H29Cl2N5O4. The number of hydrogen-bond donors (Lipinski definition) is 2. The standard InChI is InChI=1S/C27H29Cl2N5O4/c1-16(2)24-23-26(34(32-24)25-18(28)4-3-5-19(25)29)30-22(31-27(23)36)15-17-6-7-21(20(35)14-17)38-13-10-33-8-11-37-12-9-33/h3-7,14,16,35H,8-13,15H2,1-2H3,(H,30,31,36). The molecule has 5 rings (SSSR count). The third kappa shape index (κ3) is 5.51. The molecule has 2 aromatic heterocycles. The van der Waals surface area contributed by atoms with Gasteiger partial charge in [-0.15, -0.1) is 0 Å². The quantitative estimate of drug-likeness (QED) is 0.327. The first-order valence-electron chi connectivity index (χ1n) is 12.5. The maximum Gasteiger partial charge on any atom is 0.262 e. The van der Waals surface area contributed by atoms with Crippen molar-refractivity contribution in [2.24, 2.45) is 0 Å². The van der Waals surface area contributed by atoms with Crippen molar-refractivity contribution < 1.29 is 14.6 Å². The van der Waals surface area contributed by atoms with Crippen LogP contribution in [0.15, 0.2) is 41.2 Å². The molecule has 0 bridgehead atoms. The number of hydrogen-bond acceptors (Lipinski definition) is 7. The Morgan fingerprint density at radius 1 is 1.16 bits per heavy atom. The lowest BCUT2D eigenvalue weighted by atomic mass is 10.1. The summed E-state index contributed by atoms with van der Waals surface area (Å²) in [6, 6.07) is 10.4. The van der Waals surface area contributed by atoms with E-state index < -0.39 is 0 Å². The van der Waals surface area contributed by atoms with Crippen LogP contribution in [0.1, 0.15) is 36.8 Å². The highest BCUT2D eigenvalue weighted by atomic mass is 35.5. The first-order chi connectivity index (χ1) is 18.3. The van der Waals surface area contributed by atoms with Gasteiger partial charge in [-0.3, -0.25) is 9.69 Å². The molecule has 4 aromatic rings. The summed E-state index contributed by atoms with van der Waals surface area (Å²) >= 11 is 12.9. The molecule has 3 heterocycles. The van der Waals surface area contributed by atoms with E-state index in [0.29, 0.717) is 50.6 Å². The summed E-state index contributed by atoms with van der Waals surface area (Å²) in [5.41, 5.74) is 1.90. The number of fused-ring (bicyclic) bond motifs is 1. The van der Waals surface area contributed by atoms with Crippen LogP contribution in [0.5, 0.6) is 11.5 Å². The lowest BCUT2D eigenvalue weighted by molar-refractivity contribution is 0.0321. The molecule has 0 spiro atoms. The Morgan fingerprint density at radius 3 is 2.58 bits per heavy atom. The monoisotopic (exact) mass is 557 g/mol. The molecule has 0 aliphatic carbocycles. The molecule has 0 saturated carbocycles. The predicted octanol–water partition coefficient (Wildman–Crippen LogP) is 4.55. The van der Waals surface area contributed by atoms with E-state index >= 15 is 0 Å². The summed E-state index contributed by atoms with van der Waals surface area (Å²) in [7, 11) is 0. The molecule has 0 unspecified atom stereocenters. The molecule has 0 atom stereocenters. The van der Waals surface area contributed by atoms with Crippen LogP contribution < -0.4 is 10.3 Å². The van der Waals surface area contributed by atoms with Gasteiger partial charge in [-0.25, -0.2) is 9.67 Å². The third-order valence-electron chi connectivity index (χ3n) is 6.47. The molecule has 38 heavy (non-hydrogen) atoms. The van der Waals surface area contributed by atoms with Crippen LogP contribution in [0, 0.1) is 0 Å². The zero-order valence-corrected chi connectivity index (χ0v) is 22.7. The number of morpholine rings is 1. The maximum atomic E-state index is 13.2. The topological polar surface area (TPSA) is 106 Å². The number of H-pyrrole nitrogens is 1. The third-order valence-corrected chi connectivity index (χ3v) is 7.08. The molecular weight excluding hydrogens is 529 g/mol. The van der Waals surface area contributed by atoms with E-state index in [1.165, 1.54) is 4.68 Å². The van der Waals surface area contributed by atoms with Crippen molar-refractivity contribution in [3.05, 3.63) is 73.9 Å². The minimum atomic E-state index is -0.296. The molecule has 1 saturated heterocycles. The van der Waals surface area contributed by atoms with Crippen LogP contribution in [0.3, 0.4) is 0 Å². The summed E-state index contributed by atoms with van der Waals surface area (Å²) in [5.74, 6) is 0.832. The number of benzene rings is 2. The summed E-state index contributed by atoms with van der Waals surface area (Å²) in [4.78, 5) is 23.1. The number of aromatic hydroxyl groups is 1. The SMILES string of the molecule is CC(C)c1nn(-c2c(Cl)cccc2Cl)c2nc(Cc3ccc(OCCN4CCOCC4)c(O)c3)[nH]c(=O)c12. The highest BCUT2D eigenvalue weighted by Crippen LogP contribution is 2.32. The molecule has 2 N–H and O–H groups in total. The summed E-state index contributed by atoms with van der Waals surface area (Å²) in [6.45, 7) is 8.36. The van der Waals surface area contributed by atoms with Crippen LogP contribution in [0.4, 0.5) is 0 Å². The zero-order chi connectivity index (χ0) is 26.8. The Kier molecular flexibility index (Phi) is 7.90. The number of aromatic nitrogens is 4. The molecule has 0 radical (unpaired) electrons. The van der Waals surface area contributed by atoms with Crippen LogP contribution >= 0.6 is 23.2 Å². The van der Waals surface area contributed by atoms with Gasteiger partial charge >= 0.3 is 0 Å². The van der Waals surface area contributed by atoms with Crippen molar-refractivity contribution in [3.8, 4) is 17.2 Å². The summed E-state index contributed by atoms with van der Waals surface area (Å²) < 4.78 is 12.7. The maximum absolute atomic E-state index is 13.2. The fraction of sp³-hybridized carbons (Fsp3) is 0.370. The molecule has 2 aromatic carbocycles. The molecule has 1 aliphatic heterocycles. The second-order valence-electron chi connectivity index (χ2n) is 9.51. The van der Waals surface area contributed by atoms with Crippen molar-refractivity contribution >= 4 is 34.2 Å². The molecule has 0 amide bonds. The number of nitrogens with zero attached hydrogens (tertiary/aromatic N) is 4. The minimum absolute atomic E-state index is 0.0264. The number of rotatable bonds is 8. The van der Waals surface area contributed by atoms with E-state index in [4.69, 9.17) is 37.7 Å². The molecule has 1 fully saturated rings. The fourth-order valence-electron chi connectivity index (χ4n) is 4.53. The fourth-order valence-corrected chi connectivity index (χ4v) is 5.09. The largest absolute Gasteiger partial charge is 0.504 e. The number of nitrogens with one attached hydrogen (secondary N) is 1. The van der Waals surface area contributed by atoms with E-state index in [0.717, 1.165) is 38.4 Å². The smallest absolute Gasteiger partial charge is 0.262 e. The van der Waals surface area contributed by atoms with E-state index in [9.17, 15) is 9.90 Å². The Hall–Kier alpha value is -3.11. The van der Waals surface area contributed by atoms with Gasteiger partial charge in [0.05, 0.1) is 29.0 Å². The average molecular weight is 558 g/mol. The normalized spacial score (nSPS) is 14.4. The second kappa shape index (κ2) is 11.3. The van der Waals surface area contributed by atoms with Crippen molar-refractivity contribution in [3.63, 3.8) is 0 Å². The Morgan fingerprint density at radius 2 is 1.89 bits per heavy atom. The van der Waals surface area contributed by atoms with Gasteiger partial charge in [0, 0.05) is 26.1 Å². The van der Waals surface area contributed by atoms with Gasteiger partial charge in [-0.05, 0) is 35.7 Å². The molecule has 9 nitrogen and oxygen atoms in total. The summed E-state index contributed by atoms with van der Waals surface area (Å²) in [6.07, 6.45) is 0.283. The zero-order valence-electron chi connectivity index (χ0n) is 21.2. The lowest BCUT2D eigenvalue weighted by Gasteiger charge is -2.26. The van der Waals surface area contributed by atoms with Gasteiger partial charge in [0.2, 0.25) is 0 Å². The van der Waals surface area contributed by atoms with Crippen LogP contribution in [0.25, 0.3) is 16.7 Å². The van der Waals surface area contributed by atoms with Gasteiger partial charge in [0.15, 0.2) is 17.1 Å². The molecule has 200 valence electrons. The highest BCUT2D eigenvalue weighted by molar-refractivity contribution is 6.37. The van der Waals surface area contributed by atoms with Crippen molar-refractivity contribution in [1.82, 2.24) is 24.6 Å². The average Bonchev–Trinajstić information content (AvgIpc) is 3.26. The molecule has 11 heteroatoms.